The molecule has 12 heteroatoms. The first kappa shape index (κ1) is 35.7. The van der Waals surface area contributed by atoms with Crippen LogP contribution < -0.4 is 10.6 Å². The van der Waals surface area contributed by atoms with Crippen molar-refractivity contribution in [2.24, 2.45) is 0 Å². The highest BCUT2D eigenvalue weighted by Gasteiger charge is 2.24. The summed E-state index contributed by atoms with van der Waals surface area (Å²) in [7, 11) is 0. The number of rotatable bonds is 13. The van der Waals surface area contributed by atoms with E-state index in [-0.39, 0.29) is 37.2 Å². The number of aromatic nitrogens is 2. The topological polar surface area (TPSA) is 135 Å². The van der Waals surface area contributed by atoms with Gasteiger partial charge < -0.3 is 30.1 Å². The Bertz CT molecular complexity index is 1760. The van der Waals surface area contributed by atoms with Gasteiger partial charge in [-0.1, -0.05) is 54.1 Å². The summed E-state index contributed by atoms with van der Waals surface area (Å²) in [5.74, 6) is -1.22. The van der Waals surface area contributed by atoms with Crippen molar-refractivity contribution in [1.82, 2.24) is 20.0 Å². The number of benzene rings is 3. The van der Waals surface area contributed by atoms with Crippen molar-refractivity contribution in [1.29, 1.82) is 0 Å². The summed E-state index contributed by atoms with van der Waals surface area (Å²) in [4.78, 5) is 39.3. The van der Waals surface area contributed by atoms with Crippen molar-refractivity contribution >= 4 is 46.2 Å². The molecule has 0 radical (unpaired) electrons. The van der Waals surface area contributed by atoms with E-state index in [1.54, 1.807) is 43.8 Å². The zero-order valence-corrected chi connectivity index (χ0v) is 29.0. The van der Waals surface area contributed by atoms with E-state index < -0.39 is 17.7 Å². The average molecular weight is 690 g/mol. The average Bonchev–Trinajstić information content (AvgIpc) is 3.51. The van der Waals surface area contributed by atoms with Gasteiger partial charge in [0.2, 0.25) is 5.91 Å². The molecule has 0 spiro atoms. The summed E-state index contributed by atoms with van der Waals surface area (Å²) in [6, 6.07) is 18.7. The van der Waals surface area contributed by atoms with E-state index in [1.165, 1.54) is 4.90 Å². The number of hydrogen-bond donors (Lipinski definition) is 3. The Labute approximate surface area is 291 Å². The van der Waals surface area contributed by atoms with Crippen molar-refractivity contribution in [2.45, 2.75) is 71.2 Å². The fourth-order valence-electron chi connectivity index (χ4n) is 5.72. The molecule has 0 aliphatic carbocycles. The quantitative estimate of drug-likeness (QED) is 0.123. The van der Waals surface area contributed by atoms with Gasteiger partial charge in [-0.2, -0.15) is 5.10 Å². The zero-order chi connectivity index (χ0) is 35.0. The number of nitrogens with zero attached hydrogens (tertiary/aromatic N) is 3. The number of hydrogen-bond acceptors (Lipinski definition) is 7. The van der Waals surface area contributed by atoms with Crippen LogP contribution in [0.15, 0.2) is 66.9 Å². The maximum absolute atomic E-state index is 13.1. The number of anilines is 1. The molecule has 1 saturated heterocycles. The van der Waals surface area contributed by atoms with E-state index in [0.717, 1.165) is 41.3 Å². The second-order valence-electron chi connectivity index (χ2n) is 13.1. The van der Waals surface area contributed by atoms with Gasteiger partial charge in [0.15, 0.2) is 6.23 Å². The van der Waals surface area contributed by atoms with E-state index in [2.05, 4.69) is 15.7 Å². The third-order valence-corrected chi connectivity index (χ3v) is 8.45. The Kier molecular flexibility index (Phi) is 11.8. The molecule has 49 heavy (non-hydrogen) atoms. The minimum absolute atomic E-state index is 0.0895. The van der Waals surface area contributed by atoms with Crippen LogP contribution in [-0.4, -0.2) is 69.6 Å². The summed E-state index contributed by atoms with van der Waals surface area (Å²) < 4.78 is 13.3. The molecular formula is C37H44ClN5O6. The molecule has 5 rings (SSSR count). The molecule has 1 aliphatic heterocycles. The Balaban J connectivity index is 1.15. The first-order valence-electron chi connectivity index (χ1n) is 16.7. The highest BCUT2D eigenvalue weighted by molar-refractivity contribution is 6.33. The Morgan fingerprint density at radius 3 is 2.57 bits per heavy atom. The lowest BCUT2D eigenvalue weighted by Crippen LogP contribution is -2.39. The van der Waals surface area contributed by atoms with Crippen LogP contribution in [0.2, 0.25) is 5.02 Å². The molecule has 1 unspecified atom stereocenters. The van der Waals surface area contributed by atoms with Gasteiger partial charge in [-0.3, -0.25) is 4.79 Å². The molecule has 0 bridgehead atoms. The molecule has 1 fully saturated rings. The van der Waals surface area contributed by atoms with Crippen LogP contribution in [0, 0.1) is 0 Å². The van der Waals surface area contributed by atoms with Gasteiger partial charge in [-0.25, -0.2) is 14.3 Å². The fraction of sp³-hybridized carbons (Fsp3) is 0.405. The van der Waals surface area contributed by atoms with E-state index >= 15 is 0 Å². The first-order chi connectivity index (χ1) is 23.5. The summed E-state index contributed by atoms with van der Waals surface area (Å²) >= 11 is 6.63. The molecule has 11 nitrogen and oxygen atoms in total. The van der Waals surface area contributed by atoms with Crippen LogP contribution in [-0.2, 0) is 20.8 Å². The van der Waals surface area contributed by atoms with E-state index in [0.29, 0.717) is 42.3 Å². The number of carbonyl (C=O) groups excluding carboxylic acids is 2. The minimum Gasteiger partial charge on any atom is -0.478 e. The number of carboxylic acids is 1. The molecule has 0 saturated carbocycles. The highest BCUT2D eigenvalue weighted by atomic mass is 35.5. The molecule has 260 valence electrons. The molecule has 2 heterocycles. The lowest BCUT2D eigenvalue weighted by Gasteiger charge is -2.27. The third-order valence-electron chi connectivity index (χ3n) is 8.13. The van der Waals surface area contributed by atoms with Crippen molar-refractivity contribution < 1.29 is 29.0 Å². The van der Waals surface area contributed by atoms with Gasteiger partial charge >= 0.3 is 12.1 Å². The largest absolute Gasteiger partial charge is 0.478 e. The molecule has 1 aliphatic rings. The monoisotopic (exact) mass is 689 g/mol. The Morgan fingerprint density at radius 1 is 1.08 bits per heavy atom. The smallest absolute Gasteiger partial charge is 0.410 e. The standard InChI is InChI=1S/C37H44ClN5O6/c1-37(2,3)49-36(47)42(24-25-13-14-28(30(38)20-25)26-10-5-4-6-11-26)18-15-33(44)40-17-9-16-39-31-21-27(35(45)46)22-32-29(31)23-41-43(32)34-12-7-8-19-48-34/h4-6,10-11,13-14,20-23,34,39H,7-9,12,15-19,24H2,1-3H3,(H,40,44)(H,45,46). The summed E-state index contributed by atoms with van der Waals surface area (Å²) in [6.45, 7) is 7.33. The first-order valence-corrected chi connectivity index (χ1v) is 17.0. The van der Waals surface area contributed by atoms with Crippen LogP contribution in [0.25, 0.3) is 22.0 Å². The molecule has 2 amide bonds. The number of nitrogens with one attached hydrogen (secondary N) is 2. The predicted molar refractivity (Wildman–Crippen MR) is 190 cm³/mol. The number of amides is 2. The number of halogens is 1. The van der Waals surface area contributed by atoms with Gasteiger partial charge in [0.05, 0.1) is 17.3 Å². The van der Waals surface area contributed by atoms with Gasteiger partial charge in [0.1, 0.15) is 5.60 Å². The van der Waals surface area contributed by atoms with E-state index in [4.69, 9.17) is 21.1 Å². The summed E-state index contributed by atoms with van der Waals surface area (Å²) in [6.07, 6.45) is 4.52. The normalized spacial score (nSPS) is 14.7. The fourth-order valence-corrected chi connectivity index (χ4v) is 6.03. The lowest BCUT2D eigenvalue weighted by atomic mass is 10.0. The van der Waals surface area contributed by atoms with Crippen molar-refractivity contribution in [3.05, 3.63) is 83.0 Å². The second kappa shape index (κ2) is 16.2. The minimum atomic E-state index is -1.03. The number of ether oxygens (including phenoxy) is 2. The molecule has 4 aromatic rings. The van der Waals surface area contributed by atoms with Gasteiger partial charge in [-0.05, 0) is 75.8 Å². The zero-order valence-electron chi connectivity index (χ0n) is 28.2. The molecule has 3 N–H and O–H groups in total. The van der Waals surface area contributed by atoms with Crippen LogP contribution in [0.5, 0.6) is 0 Å². The number of aromatic carboxylic acids is 1. The maximum Gasteiger partial charge on any atom is 0.410 e. The number of fused-ring (bicyclic) bond motifs is 1. The summed E-state index contributed by atoms with van der Waals surface area (Å²) in [5.41, 5.74) is 3.53. The molecule has 1 atom stereocenters. The molecule has 1 aromatic heterocycles. The summed E-state index contributed by atoms with van der Waals surface area (Å²) in [5, 5.41) is 21.9. The van der Waals surface area contributed by atoms with E-state index in [9.17, 15) is 19.5 Å². The van der Waals surface area contributed by atoms with Crippen LogP contribution in [0.3, 0.4) is 0 Å². The van der Waals surface area contributed by atoms with Crippen molar-refractivity contribution in [2.75, 3.05) is 31.6 Å². The number of carboxylic acid groups (broad SMARTS) is 1. The van der Waals surface area contributed by atoms with Crippen LogP contribution >= 0.6 is 11.6 Å². The van der Waals surface area contributed by atoms with Crippen LogP contribution in [0.4, 0.5) is 10.5 Å². The Morgan fingerprint density at radius 2 is 1.88 bits per heavy atom. The van der Waals surface area contributed by atoms with Crippen molar-refractivity contribution in [3.63, 3.8) is 0 Å². The number of carbonyl (C=O) groups is 3. The lowest BCUT2D eigenvalue weighted by molar-refractivity contribution is -0.121. The molecule has 3 aromatic carbocycles. The second-order valence-corrected chi connectivity index (χ2v) is 13.5. The van der Waals surface area contributed by atoms with Gasteiger partial charge in [-0.15, -0.1) is 0 Å². The van der Waals surface area contributed by atoms with E-state index in [1.807, 2.05) is 48.5 Å². The third kappa shape index (κ3) is 9.73. The SMILES string of the molecule is CC(C)(C)OC(=O)N(CCC(=O)NCCCNc1cc(C(=O)O)cc2c1cnn2C1CCCCO1)Cc1ccc(-c2ccccc2)c(Cl)c1. The highest BCUT2D eigenvalue weighted by Crippen LogP contribution is 2.32. The van der Waals surface area contributed by atoms with Gasteiger partial charge in [0.25, 0.3) is 0 Å². The van der Waals surface area contributed by atoms with Gasteiger partial charge in [0, 0.05) is 60.9 Å². The maximum atomic E-state index is 13.1. The Hall–Kier alpha value is -4.61. The predicted octanol–water partition coefficient (Wildman–Crippen LogP) is 7.50. The van der Waals surface area contributed by atoms with Crippen molar-refractivity contribution in [3.8, 4) is 11.1 Å². The molecular weight excluding hydrogens is 646 g/mol. The van der Waals surface area contributed by atoms with Crippen LogP contribution in [0.1, 0.15) is 75.0 Å².